The van der Waals surface area contributed by atoms with Crippen LogP contribution in [0.2, 0.25) is 0 Å². The Morgan fingerprint density at radius 1 is 0.867 bits per heavy atom. The molecule has 1 aromatic rings. The zero-order chi connectivity index (χ0) is 22.0. The van der Waals surface area contributed by atoms with Gasteiger partial charge in [0.05, 0.1) is 36.7 Å². The zero-order valence-electron chi connectivity index (χ0n) is 17.2. The highest BCUT2D eigenvalue weighted by Crippen LogP contribution is 2.45. The molecule has 0 amide bonds. The number of thioether (sulfide) groups is 2. The molecule has 0 spiro atoms. The summed E-state index contributed by atoms with van der Waals surface area (Å²) in [7, 11) is 0. The van der Waals surface area contributed by atoms with E-state index in [4.69, 9.17) is 33.9 Å². The summed E-state index contributed by atoms with van der Waals surface area (Å²) in [5.41, 5.74) is 1.71. The quantitative estimate of drug-likeness (QED) is 0.437. The van der Waals surface area contributed by atoms with Gasteiger partial charge in [0.15, 0.2) is 0 Å². The first-order chi connectivity index (χ1) is 14.3. The number of thiocarbonyl (C=S) groups is 2. The SMILES string of the molecule is CCOC(=O)C1SC(=S)N(c2ccccc2N2C(=S)SC(C(=O)OCC)C2C)C1C. The van der Waals surface area contributed by atoms with Crippen molar-refractivity contribution in [3.8, 4) is 0 Å². The van der Waals surface area contributed by atoms with E-state index < -0.39 is 10.5 Å². The van der Waals surface area contributed by atoms with Crippen LogP contribution in [-0.4, -0.2) is 56.4 Å². The standard InChI is InChI=1S/C20H24N2O4S4/c1-5-25-17(23)15-11(3)21(19(27)29-15)13-9-7-8-10-14(13)22-12(4)16(30-20(22)28)18(24)26-6-2/h7-12,15-16H,5-6H2,1-4H3. The van der Waals surface area contributed by atoms with Gasteiger partial charge in [-0.15, -0.1) is 0 Å². The van der Waals surface area contributed by atoms with Gasteiger partial charge >= 0.3 is 11.9 Å². The summed E-state index contributed by atoms with van der Waals surface area (Å²) in [6.07, 6.45) is 0. The van der Waals surface area contributed by atoms with Crippen LogP contribution in [0.3, 0.4) is 0 Å². The molecule has 0 aromatic heterocycles. The van der Waals surface area contributed by atoms with Gasteiger partial charge in [-0.1, -0.05) is 60.1 Å². The van der Waals surface area contributed by atoms with Gasteiger partial charge in [-0.2, -0.15) is 0 Å². The van der Waals surface area contributed by atoms with Gasteiger partial charge in [0.2, 0.25) is 0 Å². The number of benzene rings is 1. The fourth-order valence-corrected chi connectivity index (χ4v) is 6.88. The number of ether oxygens (including phenoxy) is 2. The molecule has 0 saturated carbocycles. The third-order valence-electron chi connectivity index (χ3n) is 4.98. The van der Waals surface area contributed by atoms with E-state index in [2.05, 4.69) is 0 Å². The third kappa shape index (κ3) is 4.32. The third-order valence-corrected chi connectivity index (χ3v) is 8.43. The average Bonchev–Trinajstić information content (AvgIpc) is 3.17. The lowest BCUT2D eigenvalue weighted by Gasteiger charge is -2.32. The molecule has 3 rings (SSSR count). The lowest BCUT2D eigenvalue weighted by Crippen LogP contribution is -2.41. The van der Waals surface area contributed by atoms with Crippen LogP contribution >= 0.6 is 48.0 Å². The zero-order valence-corrected chi connectivity index (χ0v) is 20.5. The Balaban J connectivity index is 1.93. The van der Waals surface area contributed by atoms with Crippen LogP contribution in [0.5, 0.6) is 0 Å². The van der Waals surface area contributed by atoms with Crippen molar-refractivity contribution in [3.63, 3.8) is 0 Å². The first-order valence-electron chi connectivity index (χ1n) is 9.73. The highest BCUT2D eigenvalue weighted by atomic mass is 32.2. The monoisotopic (exact) mass is 484 g/mol. The van der Waals surface area contributed by atoms with E-state index in [1.165, 1.54) is 23.5 Å². The summed E-state index contributed by atoms with van der Waals surface area (Å²) in [6.45, 7) is 8.18. The van der Waals surface area contributed by atoms with Gasteiger partial charge in [0, 0.05) is 0 Å². The highest BCUT2D eigenvalue weighted by molar-refractivity contribution is 8.25. The molecule has 2 aliphatic heterocycles. The first-order valence-corrected chi connectivity index (χ1v) is 12.3. The van der Waals surface area contributed by atoms with Gasteiger partial charge in [-0.25, -0.2) is 0 Å². The first kappa shape index (κ1) is 23.3. The van der Waals surface area contributed by atoms with Crippen molar-refractivity contribution in [1.82, 2.24) is 0 Å². The van der Waals surface area contributed by atoms with E-state index in [0.717, 1.165) is 11.4 Å². The molecule has 30 heavy (non-hydrogen) atoms. The average molecular weight is 485 g/mol. The van der Waals surface area contributed by atoms with E-state index in [-0.39, 0.29) is 24.0 Å². The van der Waals surface area contributed by atoms with Gasteiger partial charge in [0.1, 0.15) is 19.1 Å². The molecule has 0 N–H and O–H groups in total. The Bertz CT molecular complexity index is 796. The van der Waals surface area contributed by atoms with E-state index in [1.54, 1.807) is 13.8 Å². The lowest BCUT2D eigenvalue weighted by molar-refractivity contribution is -0.143. The fourth-order valence-electron chi connectivity index (χ4n) is 3.58. The number of para-hydroxylation sites is 2. The molecular weight excluding hydrogens is 460 g/mol. The molecule has 2 fully saturated rings. The molecule has 2 aliphatic rings. The van der Waals surface area contributed by atoms with Gasteiger partial charge in [0.25, 0.3) is 0 Å². The lowest BCUT2D eigenvalue weighted by atomic mass is 10.1. The molecular formula is C20H24N2O4S4. The predicted molar refractivity (Wildman–Crippen MR) is 132 cm³/mol. The molecule has 4 atom stereocenters. The summed E-state index contributed by atoms with van der Waals surface area (Å²) in [5, 5.41) is -0.787. The second kappa shape index (κ2) is 9.84. The van der Waals surface area contributed by atoms with Crippen LogP contribution in [0.1, 0.15) is 27.7 Å². The number of esters is 2. The van der Waals surface area contributed by atoms with Crippen molar-refractivity contribution in [2.24, 2.45) is 0 Å². The normalized spacial score (nSPS) is 26.3. The number of carbonyl (C=O) groups excluding carboxylic acids is 2. The van der Waals surface area contributed by atoms with Crippen LogP contribution in [0, 0.1) is 0 Å². The molecule has 0 bridgehead atoms. The molecule has 1 aromatic carbocycles. The Labute approximate surface area is 196 Å². The number of rotatable bonds is 6. The maximum absolute atomic E-state index is 12.4. The van der Waals surface area contributed by atoms with Crippen molar-refractivity contribution < 1.29 is 19.1 Å². The largest absolute Gasteiger partial charge is 0.465 e. The van der Waals surface area contributed by atoms with Gasteiger partial charge in [-0.3, -0.25) is 9.59 Å². The minimum Gasteiger partial charge on any atom is -0.465 e. The van der Waals surface area contributed by atoms with Crippen LogP contribution in [0.15, 0.2) is 24.3 Å². The number of nitrogens with zero attached hydrogens (tertiary/aromatic N) is 2. The van der Waals surface area contributed by atoms with Crippen molar-refractivity contribution in [1.29, 1.82) is 0 Å². The summed E-state index contributed by atoms with van der Waals surface area (Å²) >= 11 is 13.9. The van der Waals surface area contributed by atoms with Crippen LogP contribution in [-0.2, 0) is 19.1 Å². The summed E-state index contributed by atoms with van der Waals surface area (Å²) in [5.74, 6) is -0.527. The van der Waals surface area contributed by atoms with E-state index >= 15 is 0 Å². The summed E-state index contributed by atoms with van der Waals surface area (Å²) in [6, 6.07) is 7.42. The summed E-state index contributed by atoms with van der Waals surface area (Å²) in [4.78, 5) is 28.7. The molecule has 162 valence electrons. The minimum atomic E-state index is -0.393. The topological polar surface area (TPSA) is 59.1 Å². The van der Waals surface area contributed by atoms with Crippen LogP contribution in [0.4, 0.5) is 11.4 Å². The maximum atomic E-state index is 12.4. The van der Waals surface area contributed by atoms with Gasteiger partial charge in [-0.05, 0) is 39.8 Å². The van der Waals surface area contributed by atoms with Crippen molar-refractivity contribution in [2.45, 2.75) is 50.3 Å². The molecule has 0 aliphatic carbocycles. The molecule has 6 nitrogen and oxygen atoms in total. The Kier molecular flexibility index (Phi) is 7.65. The van der Waals surface area contributed by atoms with E-state index in [1.807, 2.05) is 47.9 Å². The highest BCUT2D eigenvalue weighted by Gasteiger charge is 2.45. The Morgan fingerprint density at radius 3 is 1.57 bits per heavy atom. The van der Waals surface area contributed by atoms with Crippen molar-refractivity contribution in [3.05, 3.63) is 24.3 Å². The molecule has 2 heterocycles. The number of anilines is 2. The number of carbonyl (C=O) groups is 2. The number of hydrogen-bond donors (Lipinski definition) is 0. The Morgan fingerprint density at radius 2 is 1.23 bits per heavy atom. The maximum Gasteiger partial charge on any atom is 0.321 e. The molecule has 10 heteroatoms. The van der Waals surface area contributed by atoms with E-state index in [9.17, 15) is 9.59 Å². The van der Waals surface area contributed by atoms with E-state index in [0.29, 0.717) is 21.9 Å². The fraction of sp³-hybridized carbons (Fsp3) is 0.500. The predicted octanol–water partition coefficient (Wildman–Crippen LogP) is 4.00. The molecule has 0 radical (unpaired) electrons. The Hall–Kier alpha value is -1.36. The molecule has 4 unspecified atom stereocenters. The molecule has 2 saturated heterocycles. The second-order valence-corrected chi connectivity index (χ2v) is 10.4. The van der Waals surface area contributed by atoms with Crippen LogP contribution in [0.25, 0.3) is 0 Å². The number of hydrogen-bond acceptors (Lipinski definition) is 8. The summed E-state index contributed by atoms with van der Waals surface area (Å²) < 4.78 is 11.7. The smallest absolute Gasteiger partial charge is 0.321 e. The minimum absolute atomic E-state index is 0.178. The van der Waals surface area contributed by atoms with Gasteiger partial charge < -0.3 is 19.3 Å². The van der Waals surface area contributed by atoms with Crippen molar-refractivity contribution in [2.75, 3.05) is 23.0 Å². The van der Waals surface area contributed by atoms with Crippen molar-refractivity contribution >= 4 is 79.9 Å². The van der Waals surface area contributed by atoms with Crippen LogP contribution < -0.4 is 9.80 Å². The second-order valence-electron chi connectivity index (χ2n) is 6.82.